The number of aromatic nitrogens is 4. The number of hydrogen-bond acceptors (Lipinski definition) is 6. The fourth-order valence-electron chi connectivity index (χ4n) is 3.09. The number of halogens is 1. The minimum atomic E-state index is -0.542. The molecule has 126 valence electrons. The molecule has 0 atom stereocenters. The first-order valence-corrected chi connectivity index (χ1v) is 7.68. The second kappa shape index (κ2) is 5.99. The highest BCUT2D eigenvalue weighted by Gasteiger charge is 2.36. The van der Waals surface area contributed by atoms with Crippen molar-refractivity contribution >= 4 is 18.1 Å². The summed E-state index contributed by atoms with van der Waals surface area (Å²) >= 11 is 0. The van der Waals surface area contributed by atoms with E-state index in [-0.39, 0.29) is 29.4 Å². The number of hydrogen-bond donors (Lipinski definition) is 1. The lowest BCUT2D eigenvalue weighted by Crippen LogP contribution is -2.34. The predicted octanol–water partition coefficient (Wildman–Crippen LogP) is 2.20. The van der Waals surface area contributed by atoms with Gasteiger partial charge in [-0.1, -0.05) is 18.0 Å². The molecule has 3 aromatic rings. The summed E-state index contributed by atoms with van der Waals surface area (Å²) in [6, 6.07) is 3.70. The van der Waals surface area contributed by atoms with Gasteiger partial charge in [-0.15, -0.1) is 12.4 Å². The van der Waals surface area contributed by atoms with Gasteiger partial charge in [0.05, 0.1) is 5.54 Å². The van der Waals surface area contributed by atoms with Gasteiger partial charge in [-0.2, -0.15) is 4.98 Å². The van der Waals surface area contributed by atoms with Crippen molar-refractivity contribution in [2.75, 3.05) is 0 Å². The SMILES string of the molecule is Cc1ccn2c(=O)c(-c3nc(C4(N)CCCC4)no3)cnc2c1.Cl. The first kappa shape index (κ1) is 16.6. The second-order valence-electron chi connectivity index (χ2n) is 6.20. The molecule has 3 aromatic heterocycles. The van der Waals surface area contributed by atoms with Crippen molar-refractivity contribution in [3.63, 3.8) is 0 Å². The molecule has 4 rings (SSSR count). The van der Waals surface area contributed by atoms with Crippen molar-refractivity contribution in [2.45, 2.75) is 38.1 Å². The van der Waals surface area contributed by atoms with Crippen molar-refractivity contribution in [3.8, 4) is 11.5 Å². The molecule has 0 bridgehead atoms. The lowest BCUT2D eigenvalue weighted by Gasteiger charge is -2.17. The Balaban J connectivity index is 0.00000169. The Morgan fingerprint density at radius 3 is 2.83 bits per heavy atom. The molecular weight excluding hydrogens is 330 g/mol. The van der Waals surface area contributed by atoms with Gasteiger partial charge in [-0.05, 0) is 37.5 Å². The van der Waals surface area contributed by atoms with Gasteiger partial charge in [0.2, 0.25) is 0 Å². The van der Waals surface area contributed by atoms with Crippen molar-refractivity contribution in [1.29, 1.82) is 0 Å². The monoisotopic (exact) mass is 347 g/mol. The molecule has 1 fully saturated rings. The maximum Gasteiger partial charge on any atom is 0.270 e. The molecule has 0 saturated heterocycles. The molecule has 0 aromatic carbocycles. The van der Waals surface area contributed by atoms with E-state index in [1.165, 1.54) is 10.6 Å². The van der Waals surface area contributed by atoms with Gasteiger partial charge in [-0.3, -0.25) is 9.20 Å². The van der Waals surface area contributed by atoms with E-state index in [4.69, 9.17) is 10.3 Å². The van der Waals surface area contributed by atoms with E-state index >= 15 is 0 Å². The molecule has 2 N–H and O–H groups in total. The van der Waals surface area contributed by atoms with Crippen LogP contribution in [0.5, 0.6) is 0 Å². The van der Waals surface area contributed by atoms with Crippen LogP contribution in [0.15, 0.2) is 33.8 Å². The summed E-state index contributed by atoms with van der Waals surface area (Å²) in [6.45, 7) is 1.95. The molecule has 1 aliphatic rings. The van der Waals surface area contributed by atoms with Crippen molar-refractivity contribution in [2.24, 2.45) is 5.73 Å². The second-order valence-corrected chi connectivity index (χ2v) is 6.20. The average molecular weight is 348 g/mol. The summed E-state index contributed by atoms with van der Waals surface area (Å²) in [5.41, 5.74) is 7.47. The zero-order valence-electron chi connectivity index (χ0n) is 13.2. The Morgan fingerprint density at radius 2 is 2.08 bits per heavy atom. The fourth-order valence-corrected chi connectivity index (χ4v) is 3.09. The Bertz CT molecular complexity index is 943. The van der Waals surface area contributed by atoms with Gasteiger partial charge in [-0.25, -0.2) is 4.98 Å². The fraction of sp³-hybridized carbons (Fsp3) is 0.375. The summed E-state index contributed by atoms with van der Waals surface area (Å²) in [6.07, 6.45) is 6.95. The van der Waals surface area contributed by atoms with Crippen LogP contribution in [0.1, 0.15) is 37.1 Å². The Morgan fingerprint density at radius 1 is 1.33 bits per heavy atom. The summed E-state index contributed by atoms with van der Waals surface area (Å²) in [4.78, 5) is 21.3. The first-order chi connectivity index (χ1) is 11.1. The number of nitrogens with two attached hydrogens (primary N) is 1. The highest BCUT2D eigenvalue weighted by molar-refractivity contribution is 5.85. The van der Waals surface area contributed by atoms with E-state index < -0.39 is 5.54 Å². The van der Waals surface area contributed by atoms with Gasteiger partial charge in [0.25, 0.3) is 11.4 Å². The van der Waals surface area contributed by atoms with E-state index in [0.717, 1.165) is 31.2 Å². The number of aryl methyl sites for hydroxylation is 1. The van der Waals surface area contributed by atoms with Crippen LogP contribution in [0, 0.1) is 6.92 Å². The predicted molar refractivity (Wildman–Crippen MR) is 91.1 cm³/mol. The Kier molecular flexibility index (Phi) is 4.15. The lowest BCUT2D eigenvalue weighted by atomic mass is 9.99. The maximum atomic E-state index is 12.6. The molecular formula is C16H18ClN5O2. The summed E-state index contributed by atoms with van der Waals surface area (Å²) in [5, 5.41) is 3.99. The minimum absolute atomic E-state index is 0. The molecule has 0 unspecified atom stereocenters. The van der Waals surface area contributed by atoms with Crippen LogP contribution in [0.25, 0.3) is 17.1 Å². The van der Waals surface area contributed by atoms with Crippen molar-refractivity contribution < 1.29 is 4.52 Å². The van der Waals surface area contributed by atoms with Crippen LogP contribution in [0.3, 0.4) is 0 Å². The van der Waals surface area contributed by atoms with E-state index in [9.17, 15) is 4.79 Å². The molecule has 8 heteroatoms. The quantitative estimate of drug-likeness (QED) is 0.762. The van der Waals surface area contributed by atoms with Gasteiger partial charge < -0.3 is 10.3 Å². The number of rotatable bonds is 2. The number of fused-ring (bicyclic) bond motifs is 1. The summed E-state index contributed by atoms with van der Waals surface area (Å²) in [5.74, 6) is 0.641. The van der Waals surface area contributed by atoms with E-state index in [2.05, 4.69) is 15.1 Å². The standard InChI is InChI=1S/C16H17N5O2.ClH/c1-10-4-7-21-12(8-10)18-9-11(14(21)22)13-19-15(20-23-13)16(17)5-2-3-6-16;/h4,7-9H,2-3,5-6,17H2,1H3;1H. The van der Waals surface area contributed by atoms with Crippen LogP contribution in [0.4, 0.5) is 0 Å². The molecule has 0 spiro atoms. The molecule has 1 saturated carbocycles. The van der Waals surface area contributed by atoms with Gasteiger partial charge in [0.15, 0.2) is 5.82 Å². The van der Waals surface area contributed by atoms with Crippen LogP contribution in [-0.2, 0) is 5.54 Å². The zero-order valence-corrected chi connectivity index (χ0v) is 14.0. The zero-order chi connectivity index (χ0) is 16.0. The van der Waals surface area contributed by atoms with E-state index in [1.54, 1.807) is 6.20 Å². The van der Waals surface area contributed by atoms with Crippen molar-refractivity contribution in [3.05, 3.63) is 46.3 Å². The minimum Gasteiger partial charge on any atom is -0.334 e. The van der Waals surface area contributed by atoms with Crippen molar-refractivity contribution in [1.82, 2.24) is 19.5 Å². The van der Waals surface area contributed by atoms with Crippen LogP contribution in [-0.4, -0.2) is 19.5 Å². The third-order valence-corrected chi connectivity index (χ3v) is 4.46. The lowest BCUT2D eigenvalue weighted by molar-refractivity contribution is 0.372. The van der Waals surface area contributed by atoms with Gasteiger partial charge in [0.1, 0.15) is 11.2 Å². The molecule has 3 heterocycles. The highest BCUT2D eigenvalue weighted by atomic mass is 35.5. The van der Waals surface area contributed by atoms with E-state index in [0.29, 0.717) is 11.5 Å². The highest BCUT2D eigenvalue weighted by Crippen LogP contribution is 2.35. The molecule has 0 aliphatic heterocycles. The topological polar surface area (TPSA) is 99.3 Å². The van der Waals surface area contributed by atoms with Crippen LogP contribution >= 0.6 is 12.4 Å². The largest absolute Gasteiger partial charge is 0.334 e. The first-order valence-electron chi connectivity index (χ1n) is 7.68. The van der Waals surface area contributed by atoms with Crippen LogP contribution in [0.2, 0.25) is 0 Å². The van der Waals surface area contributed by atoms with E-state index in [1.807, 2.05) is 19.1 Å². The number of pyridine rings is 1. The Hall–Kier alpha value is -2.25. The third kappa shape index (κ3) is 2.59. The summed E-state index contributed by atoms with van der Waals surface area (Å²) in [7, 11) is 0. The normalized spacial score (nSPS) is 16.2. The average Bonchev–Trinajstić information content (AvgIpc) is 3.17. The Labute approximate surface area is 144 Å². The molecule has 24 heavy (non-hydrogen) atoms. The van der Waals surface area contributed by atoms with Crippen LogP contribution < -0.4 is 11.3 Å². The van der Waals surface area contributed by atoms with Gasteiger partial charge in [0, 0.05) is 12.4 Å². The third-order valence-electron chi connectivity index (χ3n) is 4.46. The van der Waals surface area contributed by atoms with Gasteiger partial charge >= 0.3 is 0 Å². The smallest absolute Gasteiger partial charge is 0.270 e. The molecule has 7 nitrogen and oxygen atoms in total. The molecule has 0 radical (unpaired) electrons. The molecule has 1 aliphatic carbocycles. The molecule has 0 amide bonds. The maximum absolute atomic E-state index is 12.6. The summed E-state index contributed by atoms with van der Waals surface area (Å²) < 4.78 is 6.76. The number of nitrogens with zero attached hydrogens (tertiary/aromatic N) is 4.